The molecule has 0 fully saturated rings. The molecule has 0 atom stereocenters. The molecule has 120 valence electrons. The van der Waals surface area contributed by atoms with Crippen molar-refractivity contribution in [2.24, 2.45) is 14.1 Å². The molecule has 0 aliphatic heterocycles. The highest BCUT2D eigenvalue weighted by atomic mass is 16.6. The molecular weight excluding hydrogens is 304 g/mol. The number of anilines is 1. The molecule has 2 aromatic rings. The number of nitrogens with one attached hydrogen (secondary N) is 1. The number of nitrogens with zero attached hydrogens (tertiary/aromatic N) is 3. The number of hydrogen-bond donors (Lipinski definition) is 1. The van der Waals surface area contributed by atoms with Gasteiger partial charge in [0, 0.05) is 32.4 Å². The van der Waals surface area contributed by atoms with E-state index in [9.17, 15) is 24.5 Å². The lowest BCUT2D eigenvalue weighted by Gasteiger charge is -2.09. The van der Waals surface area contributed by atoms with Crippen LogP contribution in [0.3, 0.4) is 0 Å². The van der Waals surface area contributed by atoms with Crippen molar-refractivity contribution in [3.05, 3.63) is 66.5 Å². The van der Waals surface area contributed by atoms with Crippen LogP contribution in [0.5, 0.6) is 0 Å². The van der Waals surface area contributed by atoms with E-state index >= 15 is 0 Å². The first-order valence-electron chi connectivity index (χ1n) is 6.55. The van der Waals surface area contributed by atoms with Crippen LogP contribution in [0.4, 0.5) is 11.4 Å². The average molecular weight is 318 g/mol. The van der Waals surface area contributed by atoms with E-state index in [0.29, 0.717) is 5.56 Å². The van der Waals surface area contributed by atoms with Crippen molar-refractivity contribution in [1.29, 1.82) is 0 Å². The molecule has 1 aromatic carbocycles. The van der Waals surface area contributed by atoms with Gasteiger partial charge in [-0.3, -0.25) is 24.3 Å². The number of aromatic nitrogens is 2. The number of amides is 1. The van der Waals surface area contributed by atoms with E-state index < -0.39 is 22.1 Å². The largest absolute Gasteiger partial charge is 0.330 e. The molecule has 1 heterocycles. The normalized spacial score (nSPS) is 10.4. The molecule has 9 heteroatoms. The molecular formula is C14H14N4O5. The topological polar surface area (TPSA) is 116 Å². The first-order valence-corrected chi connectivity index (χ1v) is 6.55. The standard InChI is InChI=1S/C14H14N4O5/c1-8-4-5-9(18(22)23)6-11(8)15-12(19)10-7-16(2)14(21)17(3)13(10)20/h4-7H,1-3H3,(H,15,19). The predicted octanol–water partition coefficient (Wildman–Crippen LogP) is 0.553. The van der Waals surface area contributed by atoms with Gasteiger partial charge in [0.25, 0.3) is 17.2 Å². The van der Waals surface area contributed by atoms with E-state index in [0.717, 1.165) is 15.3 Å². The van der Waals surface area contributed by atoms with Gasteiger partial charge in [0.1, 0.15) is 5.56 Å². The molecule has 0 spiro atoms. The van der Waals surface area contributed by atoms with Crippen LogP contribution in [0.1, 0.15) is 15.9 Å². The zero-order chi connectivity index (χ0) is 17.3. The monoisotopic (exact) mass is 318 g/mol. The summed E-state index contributed by atoms with van der Waals surface area (Å²) in [7, 11) is 2.68. The molecule has 1 aromatic heterocycles. The molecule has 23 heavy (non-hydrogen) atoms. The Bertz CT molecular complexity index is 926. The van der Waals surface area contributed by atoms with E-state index in [1.165, 1.54) is 32.3 Å². The fourth-order valence-corrected chi connectivity index (χ4v) is 2.01. The smallest absolute Gasteiger partial charge is 0.321 e. The third kappa shape index (κ3) is 3.03. The number of carbonyl (C=O) groups is 1. The Labute approximate surface area is 129 Å². The molecule has 9 nitrogen and oxygen atoms in total. The summed E-state index contributed by atoms with van der Waals surface area (Å²) < 4.78 is 1.92. The number of carbonyl (C=O) groups excluding carboxylic acids is 1. The van der Waals surface area contributed by atoms with Crippen LogP contribution in [0.2, 0.25) is 0 Å². The number of rotatable bonds is 3. The van der Waals surface area contributed by atoms with Crippen LogP contribution in [0, 0.1) is 17.0 Å². The first-order chi connectivity index (χ1) is 10.7. The third-order valence-corrected chi connectivity index (χ3v) is 3.37. The number of nitro groups is 1. The highest BCUT2D eigenvalue weighted by Gasteiger charge is 2.17. The molecule has 1 amide bonds. The Hall–Kier alpha value is -3.23. The second-order valence-corrected chi connectivity index (χ2v) is 5.01. The number of benzene rings is 1. The maximum atomic E-state index is 12.3. The molecule has 0 aliphatic rings. The van der Waals surface area contributed by atoms with Crippen LogP contribution in [0.25, 0.3) is 0 Å². The van der Waals surface area contributed by atoms with E-state index in [1.807, 2.05) is 0 Å². The molecule has 0 bridgehead atoms. The highest BCUT2D eigenvalue weighted by Crippen LogP contribution is 2.22. The van der Waals surface area contributed by atoms with Gasteiger partial charge in [0.15, 0.2) is 0 Å². The van der Waals surface area contributed by atoms with Gasteiger partial charge in [0.05, 0.1) is 10.6 Å². The van der Waals surface area contributed by atoms with Crippen LogP contribution in [0.15, 0.2) is 34.0 Å². The molecule has 0 saturated heterocycles. The fourth-order valence-electron chi connectivity index (χ4n) is 2.01. The predicted molar refractivity (Wildman–Crippen MR) is 82.7 cm³/mol. The summed E-state index contributed by atoms with van der Waals surface area (Å²) in [5, 5.41) is 13.3. The Morgan fingerprint density at radius 1 is 1.26 bits per heavy atom. The van der Waals surface area contributed by atoms with Crippen LogP contribution >= 0.6 is 0 Å². The second kappa shape index (κ2) is 5.87. The lowest BCUT2D eigenvalue weighted by Crippen LogP contribution is -2.40. The minimum Gasteiger partial charge on any atom is -0.321 e. The van der Waals surface area contributed by atoms with Crippen molar-refractivity contribution in [1.82, 2.24) is 9.13 Å². The SMILES string of the molecule is Cc1ccc([N+](=O)[O-])cc1NC(=O)c1cn(C)c(=O)n(C)c1=O. The molecule has 0 aliphatic carbocycles. The van der Waals surface area contributed by atoms with Gasteiger partial charge in [-0.25, -0.2) is 4.79 Å². The summed E-state index contributed by atoms with van der Waals surface area (Å²) in [5.41, 5.74) is -0.891. The maximum absolute atomic E-state index is 12.3. The van der Waals surface area contributed by atoms with Crippen LogP contribution < -0.4 is 16.6 Å². The maximum Gasteiger partial charge on any atom is 0.330 e. The van der Waals surface area contributed by atoms with Gasteiger partial charge >= 0.3 is 5.69 Å². The van der Waals surface area contributed by atoms with Gasteiger partial charge in [0.2, 0.25) is 0 Å². The summed E-state index contributed by atoms with van der Waals surface area (Å²) >= 11 is 0. The first kappa shape index (κ1) is 16.1. The second-order valence-electron chi connectivity index (χ2n) is 5.01. The average Bonchev–Trinajstić information content (AvgIpc) is 2.50. The third-order valence-electron chi connectivity index (χ3n) is 3.37. The molecule has 1 N–H and O–H groups in total. The van der Waals surface area contributed by atoms with Gasteiger partial charge in [-0.05, 0) is 12.5 Å². The van der Waals surface area contributed by atoms with Crippen LogP contribution in [-0.2, 0) is 14.1 Å². The van der Waals surface area contributed by atoms with Crippen molar-refractivity contribution < 1.29 is 9.72 Å². The van der Waals surface area contributed by atoms with Gasteiger partial charge in [-0.1, -0.05) is 6.07 Å². The summed E-state index contributed by atoms with van der Waals surface area (Å²) in [6.07, 6.45) is 1.13. The van der Waals surface area contributed by atoms with Crippen molar-refractivity contribution >= 4 is 17.3 Å². The fraction of sp³-hybridized carbons (Fsp3) is 0.214. The quantitative estimate of drug-likeness (QED) is 0.655. The Morgan fingerprint density at radius 2 is 1.91 bits per heavy atom. The lowest BCUT2D eigenvalue weighted by atomic mass is 10.1. The summed E-state index contributed by atoms with van der Waals surface area (Å²) in [6, 6.07) is 4.02. The van der Waals surface area contributed by atoms with Crippen molar-refractivity contribution in [3.8, 4) is 0 Å². The van der Waals surface area contributed by atoms with Crippen molar-refractivity contribution in [3.63, 3.8) is 0 Å². The zero-order valence-electron chi connectivity index (χ0n) is 12.7. The number of non-ortho nitro benzene ring substituents is 1. The minimum atomic E-state index is -0.746. The molecule has 2 rings (SSSR count). The molecule has 0 radical (unpaired) electrons. The summed E-state index contributed by atoms with van der Waals surface area (Å²) in [5.74, 6) is -0.746. The Morgan fingerprint density at radius 3 is 2.52 bits per heavy atom. The number of hydrogen-bond acceptors (Lipinski definition) is 5. The van der Waals surface area contributed by atoms with E-state index in [4.69, 9.17) is 0 Å². The van der Waals surface area contributed by atoms with Gasteiger partial charge in [-0.15, -0.1) is 0 Å². The Balaban J connectivity index is 2.45. The van der Waals surface area contributed by atoms with E-state index in [2.05, 4.69) is 5.32 Å². The zero-order valence-corrected chi connectivity index (χ0v) is 12.7. The van der Waals surface area contributed by atoms with E-state index in [-0.39, 0.29) is 16.9 Å². The van der Waals surface area contributed by atoms with Crippen molar-refractivity contribution in [2.45, 2.75) is 6.92 Å². The van der Waals surface area contributed by atoms with Crippen LogP contribution in [-0.4, -0.2) is 20.0 Å². The number of aryl methyl sites for hydroxylation is 2. The number of nitro benzene ring substituents is 1. The molecule has 0 unspecified atom stereocenters. The van der Waals surface area contributed by atoms with E-state index in [1.54, 1.807) is 6.92 Å². The lowest BCUT2D eigenvalue weighted by molar-refractivity contribution is -0.384. The minimum absolute atomic E-state index is 0.181. The Kier molecular flexibility index (Phi) is 4.12. The van der Waals surface area contributed by atoms with Gasteiger partial charge in [-0.2, -0.15) is 0 Å². The highest BCUT2D eigenvalue weighted by molar-refractivity contribution is 6.04. The summed E-state index contributed by atoms with van der Waals surface area (Å²) in [4.78, 5) is 46.1. The van der Waals surface area contributed by atoms with Gasteiger partial charge < -0.3 is 9.88 Å². The summed E-state index contributed by atoms with van der Waals surface area (Å²) in [6.45, 7) is 1.66. The molecule has 0 saturated carbocycles. The van der Waals surface area contributed by atoms with Crippen molar-refractivity contribution in [2.75, 3.05) is 5.32 Å².